The number of methoxy groups -OCH3 is 1. The number of ether oxygens (including phenoxy) is 1. The minimum absolute atomic E-state index is 0.000697. The molecule has 4 heteroatoms. The number of nitrogens with zero attached hydrogens (tertiary/aromatic N) is 2. The zero-order valence-corrected chi connectivity index (χ0v) is 11.0. The second-order valence-corrected chi connectivity index (χ2v) is 4.31. The third kappa shape index (κ3) is 2.14. The Kier molecular flexibility index (Phi) is 3.19. The molecule has 4 nitrogen and oxygen atoms in total. The van der Waals surface area contributed by atoms with Gasteiger partial charge in [-0.3, -0.25) is 9.48 Å². The number of benzene rings is 1. The average Bonchev–Trinajstić information content (AvgIpc) is 2.67. The minimum atomic E-state index is 0.000697. The molecule has 0 bridgehead atoms. The van der Waals surface area contributed by atoms with Crippen molar-refractivity contribution in [1.29, 1.82) is 0 Å². The molecule has 1 aromatic heterocycles. The quantitative estimate of drug-likeness (QED) is 0.778. The van der Waals surface area contributed by atoms with E-state index in [-0.39, 0.29) is 5.78 Å². The third-order valence-corrected chi connectivity index (χ3v) is 2.94. The van der Waals surface area contributed by atoms with Crippen molar-refractivity contribution in [1.82, 2.24) is 9.78 Å². The summed E-state index contributed by atoms with van der Waals surface area (Å²) in [6, 6.07) is 5.45. The molecule has 0 saturated carbocycles. The van der Waals surface area contributed by atoms with Crippen molar-refractivity contribution >= 4 is 5.78 Å². The molecule has 0 saturated heterocycles. The number of carbonyl (C=O) groups excluding carboxylic acids is 1. The van der Waals surface area contributed by atoms with Crippen molar-refractivity contribution in [3.05, 3.63) is 46.8 Å². The first-order chi connectivity index (χ1) is 8.52. The first kappa shape index (κ1) is 12.4. The van der Waals surface area contributed by atoms with Crippen molar-refractivity contribution < 1.29 is 9.53 Å². The Morgan fingerprint density at radius 1 is 1.28 bits per heavy atom. The Bertz CT molecular complexity index is 600. The summed E-state index contributed by atoms with van der Waals surface area (Å²) in [5, 5.41) is 4.19. The summed E-state index contributed by atoms with van der Waals surface area (Å²) in [7, 11) is 3.42. The number of hydrogen-bond donors (Lipinski definition) is 0. The summed E-state index contributed by atoms with van der Waals surface area (Å²) in [6.07, 6.45) is 1.75. The van der Waals surface area contributed by atoms with Gasteiger partial charge in [-0.05, 0) is 37.6 Å². The predicted octanol–water partition coefficient (Wildman–Crippen LogP) is 2.28. The van der Waals surface area contributed by atoms with Gasteiger partial charge in [0.2, 0.25) is 0 Å². The lowest BCUT2D eigenvalue weighted by molar-refractivity contribution is 0.103. The SMILES string of the molecule is COc1ccc(C(=O)c2cn(C)nc2C)c(C)c1. The van der Waals surface area contributed by atoms with Gasteiger partial charge >= 0.3 is 0 Å². The van der Waals surface area contributed by atoms with Crippen molar-refractivity contribution in [3.8, 4) is 5.75 Å². The molecule has 0 fully saturated rings. The van der Waals surface area contributed by atoms with Crippen molar-refractivity contribution in [3.63, 3.8) is 0 Å². The molecule has 94 valence electrons. The average molecular weight is 244 g/mol. The highest BCUT2D eigenvalue weighted by Gasteiger charge is 2.16. The molecule has 0 atom stereocenters. The molecular formula is C14H16N2O2. The van der Waals surface area contributed by atoms with Crippen LogP contribution in [0, 0.1) is 13.8 Å². The normalized spacial score (nSPS) is 10.4. The van der Waals surface area contributed by atoms with Crippen LogP contribution in [-0.4, -0.2) is 22.7 Å². The molecule has 0 N–H and O–H groups in total. The summed E-state index contributed by atoms with van der Waals surface area (Å²) >= 11 is 0. The summed E-state index contributed by atoms with van der Waals surface area (Å²) in [5.41, 5.74) is 2.98. The van der Waals surface area contributed by atoms with Crippen molar-refractivity contribution in [2.24, 2.45) is 7.05 Å². The van der Waals surface area contributed by atoms with Crippen LogP contribution in [0.3, 0.4) is 0 Å². The van der Waals surface area contributed by atoms with Gasteiger partial charge in [0.15, 0.2) is 5.78 Å². The maximum atomic E-state index is 12.4. The first-order valence-electron chi connectivity index (χ1n) is 5.72. The number of carbonyl (C=O) groups is 1. The Morgan fingerprint density at radius 2 is 2.00 bits per heavy atom. The lowest BCUT2D eigenvalue weighted by atomic mass is 9.99. The number of hydrogen-bond acceptors (Lipinski definition) is 3. The van der Waals surface area contributed by atoms with E-state index in [0.29, 0.717) is 11.1 Å². The first-order valence-corrected chi connectivity index (χ1v) is 5.72. The molecule has 0 spiro atoms. The van der Waals surface area contributed by atoms with Crippen LogP contribution in [0.1, 0.15) is 27.2 Å². The van der Waals surface area contributed by atoms with Gasteiger partial charge in [-0.25, -0.2) is 0 Å². The molecule has 0 aliphatic heterocycles. The van der Waals surface area contributed by atoms with Gasteiger partial charge in [-0.1, -0.05) is 0 Å². The second kappa shape index (κ2) is 4.64. The van der Waals surface area contributed by atoms with Crippen LogP contribution in [0.5, 0.6) is 5.75 Å². The van der Waals surface area contributed by atoms with Crippen LogP contribution in [0.15, 0.2) is 24.4 Å². The highest BCUT2D eigenvalue weighted by atomic mass is 16.5. The summed E-state index contributed by atoms with van der Waals surface area (Å²) < 4.78 is 6.79. The van der Waals surface area contributed by atoms with E-state index in [2.05, 4.69) is 5.10 Å². The monoisotopic (exact) mass is 244 g/mol. The third-order valence-electron chi connectivity index (χ3n) is 2.94. The number of aromatic nitrogens is 2. The molecule has 0 unspecified atom stereocenters. The molecule has 2 aromatic rings. The predicted molar refractivity (Wildman–Crippen MR) is 69.1 cm³/mol. The van der Waals surface area contributed by atoms with Gasteiger partial charge in [0, 0.05) is 18.8 Å². The van der Waals surface area contributed by atoms with Crippen molar-refractivity contribution in [2.45, 2.75) is 13.8 Å². The lowest BCUT2D eigenvalue weighted by Gasteiger charge is -2.06. The van der Waals surface area contributed by atoms with Crippen LogP contribution in [0.2, 0.25) is 0 Å². The van der Waals surface area contributed by atoms with E-state index in [9.17, 15) is 4.79 Å². The topological polar surface area (TPSA) is 44.1 Å². The minimum Gasteiger partial charge on any atom is -0.497 e. The Morgan fingerprint density at radius 3 is 2.50 bits per heavy atom. The molecule has 2 rings (SSSR count). The van der Waals surface area contributed by atoms with Gasteiger partial charge in [0.05, 0.1) is 18.4 Å². The summed E-state index contributed by atoms with van der Waals surface area (Å²) in [6.45, 7) is 3.74. The zero-order valence-electron chi connectivity index (χ0n) is 11.0. The van der Waals surface area contributed by atoms with Gasteiger partial charge in [0.1, 0.15) is 5.75 Å². The summed E-state index contributed by atoms with van der Waals surface area (Å²) in [5.74, 6) is 0.757. The molecule has 0 radical (unpaired) electrons. The smallest absolute Gasteiger partial charge is 0.196 e. The van der Waals surface area contributed by atoms with E-state index in [1.807, 2.05) is 27.0 Å². The Hall–Kier alpha value is -2.10. The number of aryl methyl sites for hydroxylation is 3. The van der Waals surface area contributed by atoms with Crippen molar-refractivity contribution in [2.75, 3.05) is 7.11 Å². The highest BCUT2D eigenvalue weighted by molar-refractivity contribution is 6.10. The van der Waals surface area contributed by atoms with Gasteiger partial charge < -0.3 is 4.74 Å². The van der Waals surface area contributed by atoms with E-state index in [1.54, 1.807) is 30.1 Å². The fourth-order valence-electron chi connectivity index (χ4n) is 1.99. The van der Waals surface area contributed by atoms with E-state index in [1.165, 1.54) is 0 Å². The van der Waals surface area contributed by atoms with E-state index < -0.39 is 0 Å². The Balaban J connectivity index is 2.43. The lowest BCUT2D eigenvalue weighted by Crippen LogP contribution is -2.04. The standard InChI is InChI=1S/C14H16N2O2/c1-9-7-11(18-4)5-6-12(9)14(17)13-8-16(3)15-10(13)2/h5-8H,1-4H3. The molecule has 1 aromatic carbocycles. The maximum Gasteiger partial charge on any atom is 0.196 e. The van der Waals surface area contributed by atoms with Gasteiger partial charge in [-0.2, -0.15) is 5.10 Å². The van der Waals surface area contributed by atoms with Gasteiger partial charge in [0.25, 0.3) is 0 Å². The molecule has 0 aliphatic carbocycles. The fraction of sp³-hybridized carbons (Fsp3) is 0.286. The Labute approximate surface area is 106 Å². The van der Waals surface area contributed by atoms with Crippen LogP contribution in [0.25, 0.3) is 0 Å². The van der Waals surface area contributed by atoms with Gasteiger partial charge in [-0.15, -0.1) is 0 Å². The fourth-order valence-corrected chi connectivity index (χ4v) is 1.99. The number of ketones is 1. The molecule has 0 aliphatic rings. The van der Waals surface area contributed by atoms with E-state index in [0.717, 1.165) is 17.0 Å². The van der Waals surface area contributed by atoms with Crippen LogP contribution in [-0.2, 0) is 7.05 Å². The maximum absolute atomic E-state index is 12.4. The summed E-state index contributed by atoms with van der Waals surface area (Å²) in [4.78, 5) is 12.4. The van der Waals surface area contributed by atoms with E-state index >= 15 is 0 Å². The molecular weight excluding hydrogens is 228 g/mol. The van der Waals surface area contributed by atoms with Crippen LogP contribution < -0.4 is 4.74 Å². The molecule has 1 heterocycles. The van der Waals surface area contributed by atoms with Crippen LogP contribution in [0.4, 0.5) is 0 Å². The van der Waals surface area contributed by atoms with E-state index in [4.69, 9.17) is 4.74 Å². The number of rotatable bonds is 3. The zero-order chi connectivity index (χ0) is 13.3. The molecule has 0 amide bonds. The highest BCUT2D eigenvalue weighted by Crippen LogP contribution is 2.20. The largest absolute Gasteiger partial charge is 0.497 e. The van der Waals surface area contributed by atoms with Crippen LogP contribution >= 0.6 is 0 Å². The second-order valence-electron chi connectivity index (χ2n) is 4.31. The molecule has 18 heavy (non-hydrogen) atoms.